The molecule has 0 amide bonds. The number of anilines is 1. The number of methoxy groups -OCH3 is 4. The summed E-state index contributed by atoms with van der Waals surface area (Å²) in [5.41, 5.74) is 7.29. The van der Waals surface area contributed by atoms with Gasteiger partial charge < -0.3 is 33.0 Å². The molecule has 55 heavy (non-hydrogen) atoms. The average Bonchev–Trinajstić information content (AvgIpc) is 3.21. The van der Waals surface area contributed by atoms with Gasteiger partial charge in [0.1, 0.15) is 17.1 Å². The van der Waals surface area contributed by atoms with Gasteiger partial charge in [-0.3, -0.25) is 9.80 Å². The molecule has 1 unspecified atom stereocenters. The van der Waals surface area contributed by atoms with Crippen molar-refractivity contribution < 1.29 is 33.0 Å². The van der Waals surface area contributed by atoms with Crippen molar-refractivity contribution >= 4 is 17.0 Å². The van der Waals surface area contributed by atoms with Crippen LogP contribution in [0.2, 0.25) is 0 Å². The summed E-state index contributed by atoms with van der Waals surface area (Å²) in [5, 5.41) is 0. The van der Waals surface area contributed by atoms with Gasteiger partial charge in [-0.2, -0.15) is 0 Å². The smallest absolute Gasteiger partial charge is 0.204 e. The lowest BCUT2D eigenvalue weighted by Gasteiger charge is -2.37. The van der Waals surface area contributed by atoms with Gasteiger partial charge in [0.05, 0.1) is 34.1 Å². The first kappa shape index (κ1) is 36.9. The van der Waals surface area contributed by atoms with E-state index in [0.717, 1.165) is 49.0 Å². The maximum atomic E-state index is 13.8. The molecular formula is C44H47N3O7S. The van der Waals surface area contributed by atoms with Gasteiger partial charge in [-0.05, 0) is 116 Å². The first-order valence-corrected chi connectivity index (χ1v) is 19.7. The Kier molecular flexibility index (Phi) is 10.5. The van der Waals surface area contributed by atoms with E-state index in [1.807, 2.05) is 54.6 Å². The molecule has 10 nitrogen and oxygen atoms in total. The molecule has 0 aliphatic carbocycles. The number of hydrogen-bond donors (Lipinski definition) is 1. The molecule has 5 aromatic carbocycles. The van der Waals surface area contributed by atoms with Crippen LogP contribution in [0.3, 0.4) is 0 Å². The second-order valence-electron chi connectivity index (χ2n) is 14.3. The molecule has 4 aliphatic rings. The van der Waals surface area contributed by atoms with Gasteiger partial charge in [0.15, 0.2) is 39.4 Å². The summed E-state index contributed by atoms with van der Waals surface area (Å²) >= 11 is -1.54. The molecule has 0 saturated heterocycles. The van der Waals surface area contributed by atoms with Gasteiger partial charge in [0.25, 0.3) is 0 Å². The number of benzene rings is 5. The van der Waals surface area contributed by atoms with E-state index in [0.29, 0.717) is 63.0 Å². The predicted molar refractivity (Wildman–Crippen MR) is 214 cm³/mol. The summed E-state index contributed by atoms with van der Waals surface area (Å²) < 4.78 is 54.8. The number of fused-ring (bicyclic) bond motifs is 2. The summed E-state index contributed by atoms with van der Waals surface area (Å²) in [6.45, 7) is 1.73. The highest BCUT2D eigenvalue weighted by molar-refractivity contribution is 7.92. The molecule has 5 aromatic rings. The standard InChI is InChI=1S/C44H47N3O7S/c1-46-18-16-28-22-37(49-3)40-25-33(28)35(46)20-27-12-14-31(15-13-27)53-39-24-30(34(26-38(39)50-4)45-55(48)32-10-8-7-9-11-32)21-36-42-29(17-19-47(36)2)23-41(51-5)43(52-6)44(42)54-40/h7-15,22-26,35-36,45H,16-21H2,1-6H3/t35-,36-,55?/m0/s1. The van der Waals surface area contributed by atoms with Crippen LogP contribution in [0, 0.1) is 0 Å². The largest absolute Gasteiger partial charge is 0.588 e. The summed E-state index contributed by atoms with van der Waals surface area (Å²) in [6, 6.07) is 27.8. The molecule has 0 spiro atoms. The highest BCUT2D eigenvalue weighted by Gasteiger charge is 2.35. The Labute approximate surface area is 326 Å². The number of hydrogen-bond acceptors (Lipinski definition) is 10. The summed E-state index contributed by atoms with van der Waals surface area (Å²) in [7, 11) is 10.9. The van der Waals surface area contributed by atoms with Crippen LogP contribution in [0.5, 0.6) is 46.0 Å². The fraction of sp³-hybridized carbons (Fsp3) is 0.318. The van der Waals surface area contributed by atoms with Crippen LogP contribution >= 0.6 is 0 Å². The molecule has 286 valence electrons. The molecule has 0 aromatic heterocycles. The van der Waals surface area contributed by atoms with Gasteiger partial charge >= 0.3 is 0 Å². The summed E-state index contributed by atoms with van der Waals surface area (Å²) in [6.07, 6.45) is 2.99. The zero-order chi connectivity index (χ0) is 38.2. The van der Waals surface area contributed by atoms with E-state index in [2.05, 4.69) is 58.9 Å². The monoisotopic (exact) mass is 761 g/mol. The number of ether oxygens (including phenoxy) is 6. The van der Waals surface area contributed by atoms with Crippen molar-refractivity contribution in [1.29, 1.82) is 0 Å². The van der Waals surface area contributed by atoms with E-state index in [1.165, 1.54) is 16.7 Å². The molecular weight excluding hydrogens is 715 g/mol. The van der Waals surface area contributed by atoms with Crippen LogP contribution in [-0.4, -0.2) is 70.0 Å². The van der Waals surface area contributed by atoms with E-state index in [-0.39, 0.29) is 12.1 Å². The quantitative estimate of drug-likeness (QED) is 0.163. The van der Waals surface area contributed by atoms with Gasteiger partial charge in [0, 0.05) is 36.8 Å². The van der Waals surface area contributed by atoms with Crippen molar-refractivity contribution in [2.45, 2.75) is 42.7 Å². The van der Waals surface area contributed by atoms with Crippen molar-refractivity contribution in [3.8, 4) is 46.0 Å². The number of rotatable bonds is 7. The lowest BCUT2D eigenvalue weighted by Crippen LogP contribution is -2.34. The van der Waals surface area contributed by atoms with E-state index in [4.69, 9.17) is 28.4 Å². The van der Waals surface area contributed by atoms with Gasteiger partial charge in [-0.1, -0.05) is 30.3 Å². The van der Waals surface area contributed by atoms with Crippen LogP contribution in [-0.2, 0) is 37.0 Å². The highest BCUT2D eigenvalue weighted by Crippen LogP contribution is 2.52. The predicted octanol–water partition coefficient (Wildman–Crippen LogP) is 8.30. The molecule has 6 bridgehead atoms. The Morgan fingerprint density at radius 2 is 1.33 bits per heavy atom. The molecule has 0 saturated carbocycles. The topological polar surface area (TPSA) is 97.0 Å². The molecule has 11 heteroatoms. The van der Waals surface area contributed by atoms with E-state index in [9.17, 15) is 4.55 Å². The van der Waals surface area contributed by atoms with Gasteiger partial charge in [0.2, 0.25) is 5.75 Å². The molecule has 1 N–H and O–H groups in total. The lowest BCUT2D eigenvalue weighted by atomic mass is 9.87. The Bertz CT molecular complexity index is 2180. The summed E-state index contributed by atoms with van der Waals surface area (Å²) in [5.74, 6) is 4.72. The zero-order valence-electron chi connectivity index (χ0n) is 32.1. The molecule has 4 heterocycles. The second kappa shape index (κ2) is 15.6. The minimum atomic E-state index is -1.54. The fourth-order valence-corrected chi connectivity index (χ4v) is 9.05. The Morgan fingerprint density at radius 1 is 0.673 bits per heavy atom. The number of likely N-dealkylation sites (N-methyl/N-ethyl adjacent to an activating group) is 2. The number of nitrogens with one attached hydrogen (secondary N) is 1. The minimum Gasteiger partial charge on any atom is -0.588 e. The molecule has 4 aliphatic heterocycles. The third kappa shape index (κ3) is 7.13. The van der Waals surface area contributed by atoms with Gasteiger partial charge in [-0.25, -0.2) is 4.72 Å². The van der Waals surface area contributed by atoms with Crippen LogP contribution in [0.4, 0.5) is 5.69 Å². The van der Waals surface area contributed by atoms with E-state index >= 15 is 0 Å². The average molecular weight is 762 g/mol. The maximum absolute atomic E-state index is 13.8. The van der Waals surface area contributed by atoms with Gasteiger partial charge in [-0.15, -0.1) is 0 Å². The summed E-state index contributed by atoms with van der Waals surface area (Å²) in [4.78, 5) is 5.40. The molecule has 0 fully saturated rings. The van der Waals surface area contributed by atoms with Crippen LogP contribution in [0.25, 0.3) is 0 Å². The molecule has 9 rings (SSSR count). The number of nitrogens with zero attached hydrogens (tertiary/aromatic N) is 2. The minimum absolute atomic E-state index is 0.117. The van der Waals surface area contributed by atoms with Crippen molar-refractivity contribution in [3.05, 3.63) is 118 Å². The first-order chi connectivity index (χ1) is 26.8. The molecule has 3 atom stereocenters. The van der Waals surface area contributed by atoms with Crippen molar-refractivity contribution in [2.75, 3.05) is 60.3 Å². The Hall–Kier alpha value is -5.07. The maximum Gasteiger partial charge on any atom is 0.204 e. The highest BCUT2D eigenvalue weighted by atomic mass is 32.2. The third-order valence-electron chi connectivity index (χ3n) is 11.2. The van der Waals surface area contributed by atoms with Crippen molar-refractivity contribution in [1.82, 2.24) is 9.80 Å². The van der Waals surface area contributed by atoms with Crippen LogP contribution < -0.4 is 33.1 Å². The second-order valence-corrected chi connectivity index (χ2v) is 15.5. The molecule has 0 radical (unpaired) electrons. The van der Waals surface area contributed by atoms with Crippen molar-refractivity contribution in [3.63, 3.8) is 0 Å². The van der Waals surface area contributed by atoms with E-state index < -0.39 is 11.4 Å². The fourth-order valence-electron chi connectivity index (χ4n) is 8.14. The Balaban J connectivity index is 1.35. The SMILES string of the molecule is COc1cc(N[S+]([O-])c2ccccc2)c2cc1Oc1ccc(cc1)C[C@H]1c3cc(c(OC)cc3CCN1C)Oc1c(OC)c(OC)cc3c1[C@H](C2)N(C)CC3. The van der Waals surface area contributed by atoms with Crippen LogP contribution in [0.1, 0.15) is 45.5 Å². The normalized spacial score (nSPS) is 18.5. The van der Waals surface area contributed by atoms with Crippen LogP contribution in [0.15, 0.2) is 89.8 Å². The third-order valence-corrected chi connectivity index (χ3v) is 12.3. The van der Waals surface area contributed by atoms with Crippen molar-refractivity contribution in [2.24, 2.45) is 0 Å². The van der Waals surface area contributed by atoms with E-state index in [1.54, 1.807) is 28.4 Å². The lowest BCUT2D eigenvalue weighted by molar-refractivity contribution is 0.220. The zero-order valence-corrected chi connectivity index (χ0v) is 33.0. The first-order valence-electron chi connectivity index (χ1n) is 18.6. The Morgan fingerprint density at radius 3 is 2.04 bits per heavy atom.